The summed E-state index contributed by atoms with van der Waals surface area (Å²) in [7, 11) is -3.44. The molecule has 0 atom stereocenters. The van der Waals surface area contributed by atoms with Gasteiger partial charge in [-0.3, -0.25) is 0 Å². The number of hydrogen-bond donors (Lipinski definition) is 0. The van der Waals surface area contributed by atoms with Crippen LogP contribution in [0.5, 0.6) is 0 Å². The van der Waals surface area contributed by atoms with E-state index in [-0.39, 0.29) is 17.1 Å². The molecule has 1 heterocycles. The normalized spacial score (nSPS) is 18.6. The van der Waals surface area contributed by atoms with Gasteiger partial charge in [-0.15, -0.1) is 0 Å². The Balaban J connectivity index is 2.06. The van der Waals surface area contributed by atoms with Gasteiger partial charge in [-0.05, 0) is 44.9 Å². The molecule has 1 aromatic rings. The molecular formula is C14H20ClNO3S. The van der Waals surface area contributed by atoms with Gasteiger partial charge >= 0.3 is 0 Å². The molecule has 1 aliphatic rings. The Morgan fingerprint density at radius 2 is 1.95 bits per heavy atom. The third-order valence-corrected chi connectivity index (χ3v) is 5.43. The molecule has 20 heavy (non-hydrogen) atoms. The molecular weight excluding hydrogens is 298 g/mol. The quantitative estimate of drug-likeness (QED) is 0.858. The predicted molar refractivity (Wildman–Crippen MR) is 79.5 cm³/mol. The maximum atomic E-state index is 12.5. The summed E-state index contributed by atoms with van der Waals surface area (Å²) < 4.78 is 32.2. The highest BCUT2D eigenvalue weighted by Gasteiger charge is 2.30. The van der Waals surface area contributed by atoms with Crippen LogP contribution in [0, 0.1) is 0 Å². The van der Waals surface area contributed by atoms with Gasteiger partial charge in [-0.25, -0.2) is 8.42 Å². The lowest BCUT2D eigenvalue weighted by Gasteiger charge is -2.32. The minimum absolute atomic E-state index is 0.154. The molecule has 112 valence electrons. The van der Waals surface area contributed by atoms with Crippen LogP contribution in [-0.4, -0.2) is 38.0 Å². The fourth-order valence-corrected chi connectivity index (χ4v) is 4.14. The van der Waals surface area contributed by atoms with E-state index in [0.717, 1.165) is 12.8 Å². The van der Waals surface area contributed by atoms with Crippen LogP contribution >= 0.6 is 11.6 Å². The van der Waals surface area contributed by atoms with E-state index in [1.807, 2.05) is 13.8 Å². The molecule has 1 aliphatic heterocycles. The highest BCUT2D eigenvalue weighted by Crippen LogP contribution is 2.24. The SMILES string of the molecule is CC(C)OC1CCN(S(=O)(=O)c2cccc(Cl)c2)CC1. The molecule has 1 aromatic carbocycles. The number of hydrogen-bond acceptors (Lipinski definition) is 3. The van der Waals surface area contributed by atoms with Crippen LogP contribution in [0.4, 0.5) is 0 Å². The van der Waals surface area contributed by atoms with Crippen LogP contribution < -0.4 is 0 Å². The highest BCUT2D eigenvalue weighted by molar-refractivity contribution is 7.89. The molecule has 2 rings (SSSR count). The average molecular weight is 318 g/mol. The lowest BCUT2D eigenvalue weighted by molar-refractivity contribution is -0.0168. The van der Waals surface area contributed by atoms with E-state index in [0.29, 0.717) is 18.1 Å². The minimum Gasteiger partial charge on any atom is -0.375 e. The maximum Gasteiger partial charge on any atom is 0.243 e. The summed E-state index contributed by atoms with van der Waals surface area (Å²) in [6, 6.07) is 6.40. The van der Waals surface area contributed by atoms with Crippen molar-refractivity contribution in [1.82, 2.24) is 4.31 Å². The van der Waals surface area contributed by atoms with Gasteiger partial charge in [0.15, 0.2) is 0 Å². The Kier molecular flexibility index (Phi) is 5.07. The molecule has 0 spiro atoms. The summed E-state index contributed by atoms with van der Waals surface area (Å²) >= 11 is 5.87. The van der Waals surface area contributed by atoms with Crippen molar-refractivity contribution in [1.29, 1.82) is 0 Å². The van der Waals surface area contributed by atoms with Gasteiger partial charge in [0.2, 0.25) is 10.0 Å². The van der Waals surface area contributed by atoms with E-state index in [9.17, 15) is 8.42 Å². The van der Waals surface area contributed by atoms with Crippen LogP contribution in [0.25, 0.3) is 0 Å². The summed E-state index contributed by atoms with van der Waals surface area (Å²) in [5.41, 5.74) is 0. The predicted octanol–water partition coefficient (Wildman–Crippen LogP) is 2.92. The first kappa shape index (κ1) is 15.8. The molecule has 0 aliphatic carbocycles. The maximum absolute atomic E-state index is 12.5. The number of rotatable bonds is 4. The molecule has 1 saturated heterocycles. The highest BCUT2D eigenvalue weighted by atomic mass is 35.5. The van der Waals surface area contributed by atoms with Gasteiger partial charge < -0.3 is 4.74 Å². The zero-order valence-corrected chi connectivity index (χ0v) is 13.3. The zero-order chi connectivity index (χ0) is 14.8. The first-order valence-corrected chi connectivity index (χ1v) is 8.62. The second-order valence-electron chi connectivity index (χ2n) is 5.25. The van der Waals surface area contributed by atoms with Gasteiger partial charge in [0.1, 0.15) is 0 Å². The van der Waals surface area contributed by atoms with Gasteiger partial charge in [-0.2, -0.15) is 4.31 Å². The Labute approximate surface area is 125 Å². The van der Waals surface area contributed by atoms with Crippen molar-refractivity contribution in [2.24, 2.45) is 0 Å². The fraction of sp³-hybridized carbons (Fsp3) is 0.571. The second kappa shape index (κ2) is 6.43. The zero-order valence-electron chi connectivity index (χ0n) is 11.8. The third-order valence-electron chi connectivity index (χ3n) is 3.30. The smallest absolute Gasteiger partial charge is 0.243 e. The molecule has 0 amide bonds. The van der Waals surface area contributed by atoms with Crippen molar-refractivity contribution in [3.8, 4) is 0 Å². The van der Waals surface area contributed by atoms with Crippen LogP contribution in [0.15, 0.2) is 29.2 Å². The fourth-order valence-electron chi connectivity index (χ4n) is 2.37. The molecule has 4 nitrogen and oxygen atoms in total. The van der Waals surface area contributed by atoms with E-state index >= 15 is 0 Å². The number of ether oxygens (including phenoxy) is 1. The third kappa shape index (κ3) is 3.73. The average Bonchev–Trinajstić information content (AvgIpc) is 2.38. The van der Waals surface area contributed by atoms with Crippen LogP contribution in [-0.2, 0) is 14.8 Å². The van der Waals surface area contributed by atoms with Gasteiger partial charge in [0, 0.05) is 18.1 Å². The standard InChI is InChI=1S/C14H20ClNO3S/c1-11(2)19-13-6-8-16(9-7-13)20(17,18)14-5-3-4-12(15)10-14/h3-5,10-11,13H,6-9H2,1-2H3. The van der Waals surface area contributed by atoms with Crippen molar-refractivity contribution in [3.05, 3.63) is 29.3 Å². The topological polar surface area (TPSA) is 46.6 Å². The summed E-state index contributed by atoms with van der Waals surface area (Å²) in [5, 5.41) is 0.434. The first-order valence-electron chi connectivity index (χ1n) is 6.81. The monoisotopic (exact) mass is 317 g/mol. The Hall–Kier alpha value is -0.620. The van der Waals surface area contributed by atoms with Gasteiger partial charge in [-0.1, -0.05) is 17.7 Å². The summed E-state index contributed by atoms with van der Waals surface area (Å²) in [6.07, 6.45) is 1.80. The Morgan fingerprint density at radius 1 is 1.30 bits per heavy atom. The molecule has 0 N–H and O–H groups in total. The van der Waals surface area contributed by atoms with E-state index in [1.54, 1.807) is 18.2 Å². The van der Waals surface area contributed by atoms with Crippen LogP contribution in [0.1, 0.15) is 26.7 Å². The van der Waals surface area contributed by atoms with E-state index in [4.69, 9.17) is 16.3 Å². The van der Waals surface area contributed by atoms with Crippen molar-refractivity contribution in [3.63, 3.8) is 0 Å². The van der Waals surface area contributed by atoms with Crippen molar-refractivity contribution in [2.75, 3.05) is 13.1 Å². The van der Waals surface area contributed by atoms with Crippen LogP contribution in [0.3, 0.4) is 0 Å². The number of sulfonamides is 1. The molecule has 1 fully saturated rings. The molecule has 0 bridgehead atoms. The minimum atomic E-state index is -3.44. The Morgan fingerprint density at radius 3 is 2.50 bits per heavy atom. The largest absolute Gasteiger partial charge is 0.375 e. The molecule has 0 aromatic heterocycles. The van der Waals surface area contributed by atoms with Crippen molar-refractivity contribution in [2.45, 2.75) is 43.8 Å². The van der Waals surface area contributed by atoms with E-state index in [1.165, 1.54) is 10.4 Å². The van der Waals surface area contributed by atoms with Crippen molar-refractivity contribution >= 4 is 21.6 Å². The molecule has 0 radical (unpaired) electrons. The molecule has 6 heteroatoms. The van der Waals surface area contributed by atoms with Crippen molar-refractivity contribution < 1.29 is 13.2 Å². The number of benzene rings is 1. The first-order chi connectivity index (χ1) is 9.39. The second-order valence-corrected chi connectivity index (χ2v) is 7.62. The van der Waals surface area contributed by atoms with Gasteiger partial charge in [0.25, 0.3) is 0 Å². The van der Waals surface area contributed by atoms with Crippen LogP contribution in [0.2, 0.25) is 5.02 Å². The summed E-state index contributed by atoms with van der Waals surface area (Å²) in [5.74, 6) is 0. The lowest BCUT2D eigenvalue weighted by Crippen LogP contribution is -2.41. The van der Waals surface area contributed by atoms with E-state index in [2.05, 4.69) is 0 Å². The summed E-state index contributed by atoms with van der Waals surface area (Å²) in [4.78, 5) is 0.258. The number of halogens is 1. The van der Waals surface area contributed by atoms with E-state index < -0.39 is 10.0 Å². The summed E-state index contributed by atoms with van der Waals surface area (Å²) in [6.45, 7) is 4.97. The molecule has 0 unspecified atom stereocenters. The Bertz CT molecular complexity index is 551. The molecule has 0 saturated carbocycles. The lowest BCUT2D eigenvalue weighted by atomic mass is 10.1. The van der Waals surface area contributed by atoms with Gasteiger partial charge in [0.05, 0.1) is 17.1 Å². The number of piperidine rings is 1. The number of nitrogens with zero attached hydrogens (tertiary/aromatic N) is 1.